The van der Waals surface area contributed by atoms with Crippen molar-refractivity contribution in [3.05, 3.63) is 108 Å². The number of aryl methyl sites for hydroxylation is 1. The molecule has 220 valence electrons. The van der Waals surface area contributed by atoms with Crippen LogP contribution in [0.4, 0.5) is 20.3 Å². The van der Waals surface area contributed by atoms with E-state index in [-0.39, 0.29) is 23.8 Å². The molecule has 1 aliphatic rings. The van der Waals surface area contributed by atoms with Crippen molar-refractivity contribution in [3.8, 4) is 17.0 Å². The van der Waals surface area contributed by atoms with Gasteiger partial charge in [-0.2, -0.15) is 4.39 Å². The molecule has 43 heavy (non-hydrogen) atoms. The molecule has 0 unspecified atom stereocenters. The summed E-state index contributed by atoms with van der Waals surface area (Å²) in [7, 11) is 0. The monoisotopic (exact) mass is 582 g/mol. The van der Waals surface area contributed by atoms with Crippen molar-refractivity contribution in [3.63, 3.8) is 0 Å². The first kappa shape index (κ1) is 28.3. The second-order valence-electron chi connectivity index (χ2n) is 10.8. The maximum atomic E-state index is 15.3. The van der Waals surface area contributed by atoms with Gasteiger partial charge in [-0.15, -0.1) is 0 Å². The van der Waals surface area contributed by atoms with E-state index in [0.29, 0.717) is 48.3 Å². The van der Waals surface area contributed by atoms with Gasteiger partial charge in [-0.05, 0) is 73.7 Å². The van der Waals surface area contributed by atoms with Crippen molar-refractivity contribution in [2.45, 2.75) is 26.4 Å². The number of benzene rings is 3. The van der Waals surface area contributed by atoms with Gasteiger partial charge in [0.05, 0.1) is 11.9 Å². The number of carbonyl (C=O) groups is 1. The van der Waals surface area contributed by atoms with E-state index in [4.69, 9.17) is 10.5 Å². The molecule has 1 saturated heterocycles. The molecule has 3 N–H and O–H groups in total. The number of amides is 1. The van der Waals surface area contributed by atoms with E-state index in [0.717, 1.165) is 29.7 Å². The zero-order valence-electron chi connectivity index (χ0n) is 23.8. The summed E-state index contributed by atoms with van der Waals surface area (Å²) < 4.78 is 37.5. The Kier molecular flexibility index (Phi) is 8.02. The molecule has 0 aliphatic carbocycles. The lowest BCUT2D eigenvalue weighted by molar-refractivity contribution is 0.0692. The quantitative estimate of drug-likeness (QED) is 0.229. The number of nitrogens with one attached hydrogen (secondary N) is 1. The van der Waals surface area contributed by atoms with E-state index >= 15 is 8.78 Å². The number of ether oxygens (including phenoxy) is 1. The van der Waals surface area contributed by atoms with E-state index in [2.05, 4.69) is 15.3 Å². The molecular formula is C33H32F2N6O2. The smallest absolute Gasteiger partial charge is 0.254 e. The van der Waals surface area contributed by atoms with Crippen LogP contribution in [0.2, 0.25) is 0 Å². The number of likely N-dealkylation sites (tertiary alicyclic amines) is 1. The Morgan fingerprint density at radius 1 is 1.05 bits per heavy atom. The third-order valence-electron chi connectivity index (χ3n) is 7.94. The second kappa shape index (κ2) is 12.2. The van der Waals surface area contributed by atoms with E-state index < -0.39 is 11.6 Å². The predicted molar refractivity (Wildman–Crippen MR) is 161 cm³/mol. The zero-order chi connectivity index (χ0) is 29.9. The molecule has 0 atom stereocenters. The summed E-state index contributed by atoms with van der Waals surface area (Å²) in [5, 5.41) is 3.26. The molecule has 10 heteroatoms. The summed E-state index contributed by atoms with van der Waals surface area (Å²) >= 11 is 0. The second-order valence-corrected chi connectivity index (χ2v) is 10.8. The number of nitrogens with zero attached hydrogens (tertiary/aromatic N) is 4. The molecule has 3 heterocycles. The molecule has 0 radical (unpaired) electrons. The third kappa shape index (κ3) is 5.78. The Labute approximate surface area is 248 Å². The van der Waals surface area contributed by atoms with Crippen molar-refractivity contribution < 1.29 is 18.3 Å². The number of fused-ring (bicyclic) bond motifs is 1. The summed E-state index contributed by atoms with van der Waals surface area (Å²) in [6.07, 6.45) is 6.52. The van der Waals surface area contributed by atoms with Crippen LogP contribution in [0.1, 0.15) is 34.3 Å². The molecular weight excluding hydrogens is 550 g/mol. The number of aromatic nitrogens is 3. The standard InChI is InChI=1S/C33H32F2N6O2/c1-21-17-24(7-8-25(21)33(42)40-14-11-22(18-36)12-15-40)39-31-32-38-19-27(41(32)16-13-37-31)26-9-10-28(30(35)29(26)34)43-20-23-5-3-2-4-6-23/h2-10,13,16-17,19,22H,11-12,14-15,18,20,36H2,1H3,(H,37,39). The van der Waals surface area contributed by atoms with Gasteiger partial charge in [-0.3, -0.25) is 9.20 Å². The summed E-state index contributed by atoms with van der Waals surface area (Å²) in [5.41, 5.74) is 9.69. The van der Waals surface area contributed by atoms with Crippen molar-refractivity contribution in [1.29, 1.82) is 0 Å². The molecule has 6 rings (SSSR count). The third-order valence-corrected chi connectivity index (χ3v) is 7.94. The van der Waals surface area contributed by atoms with Crippen LogP contribution in [-0.4, -0.2) is 44.8 Å². The number of nitrogens with two attached hydrogens (primary N) is 1. The fraction of sp³-hybridized carbons (Fsp3) is 0.242. The van der Waals surface area contributed by atoms with Crippen LogP contribution in [0.25, 0.3) is 16.9 Å². The summed E-state index contributed by atoms with van der Waals surface area (Å²) in [6, 6.07) is 17.7. The van der Waals surface area contributed by atoms with Crippen LogP contribution in [0, 0.1) is 24.5 Å². The molecule has 0 bridgehead atoms. The van der Waals surface area contributed by atoms with Gasteiger partial charge in [0.2, 0.25) is 5.82 Å². The topological polar surface area (TPSA) is 97.8 Å². The number of hydrogen-bond acceptors (Lipinski definition) is 6. The number of halogens is 2. The van der Waals surface area contributed by atoms with E-state index in [9.17, 15) is 4.79 Å². The highest BCUT2D eigenvalue weighted by Gasteiger charge is 2.24. The zero-order valence-corrected chi connectivity index (χ0v) is 23.8. The van der Waals surface area contributed by atoms with Crippen LogP contribution in [0.3, 0.4) is 0 Å². The van der Waals surface area contributed by atoms with Crippen LogP contribution in [0.15, 0.2) is 79.3 Å². The maximum absolute atomic E-state index is 15.3. The molecule has 1 fully saturated rings. The van der Waals surface area contributed by atoms with Gasteiger partial charge in [0.15, 0.2) is 23.0 Å². The molecule has 8 nitrogen and oxygen atoms in total. The van der Waals surface area contributed by atoms with Crippen molar-refractivity contribution in [2.24, 2.45) is 11.7 Å². The van der Waals surface area contributed by atoms with Crippen LogP contribution in [0.5, 0.6) is 5.75 Å². The number of anilines is 2. The molecule has 2 aromatic heterocycles. The van der Waals surface area contributed by atoms with Crippen LogP contribution in [-0.2, 0) is 6.61 Å². The fourth-order valence-corrected chi connectivity index (χ4v) is 5.44. The molecule has 0 spiro atoms. The van der Waals surface area contributed by atoms with Gasteiger partial charge < -0.3 is 20.7 Å². The average Bonchev–Trinajstić information content (AvgIpc) is 3.47. The number of hydrogen-bond donors (Lipinski definition) is 2. The highest BCUT2D eigenvalue weighted by Crippen LogP contribution is 2.32. The Hall–Kier alpha value is -4.83. The Balaban J connectivity index is 1.21. The van der Waals surface area contributed by atoms with Gasteiger partial charge in [0.25, 0.3) is 5.91 Å². The normalized spacial score (nSPS) is 13.8. The van der Waals surface area contributed by atoms with Gasteiger partial charge in [0, 0.05) is 42.3 Å². The first-order valence-corrected chi connectivity index (χ1v) is 14.3. The van der Waals surface area contributed by atoms with Gasteiger partial charge in [-0.25, -0.2) is 14.4 Å². The van der Waals surface area contributed by atoms with Gasteiger partial charge in [-0.1, -0.05) is 30.3 Å². The van der Waals surface area contributed by atoms with Crippen molar-refractivity contribution in [2.75, 3.05) is 25.0 Å². The Bertz CT molecular complexity index is 1770. The molecule has 5 aromatic rings. The lowest BCUT2D eigenvalue weighted by Crippen LogP contribution is -2.40. The first-order valence-electron chi connectivity index (χ1n) is 14.3. The number of piperidine rings is 1. The number of rotatable bonds is 8. The highest BCUT2D eigenvalue weighted by molar-refractivity contribution is 5.96. The lowest BCUT2D eigenvalue weighted by Gasteiger charge is -2.31. The number of carbonyl (C=O) groups excluding carboxylic acids is 1. The average molecular weight is 583 g/mol. The number of imidazole rings is 1. The SMILES string of the molecule is Cc1cc(Nc2nccn3c(-c4ccc(OCc5ccccc5)c(F)c4F)cnc23)ccc1C(=O)N1CCC(CN)CC1. The fourth-order valence-electron chi connectivity index (χ4n) is 5.44. The minimum atomic E-state index is -1.07. The molecule has 1 amide bonds. The molecule has 1 aliphatic heterocycles. The molecule has 0 saturated carbocycles. The lowest BCUT2D eigenvalue weighted by atomic mass is 9.96. The summed E-state index contributed by atoms with van der Waals surface area (Å²) in [6.45, 7) is 4.10. The van der Waals surface area contributed by atoms with Crippen LogP contribution < -0.4 is 15.8 Å². The Morgan fingerprint density at radius 3 is 2.58 bits per heavy atom. The largest absolute Gasteiger partial charge is 0.486 e. The van der Waals surface area contributed by atoms with E-state index in [1.807, 2.05) is 60.4 Å². The summed E-state index contributed by atoms with van der Waals surface area (Å²) in [5.74, 6) is -1.33. The minimum absolute atomic E-state index is 0.0170. The van der Waals surface area contributed by atoms with E-state index in [1.165, 1.54) is 18.3 Å². The summed E-state index contributed by atoms with van der Waals surface area (Å²) in [4.78, 5) is 23.9. The van der Waals surface area contributed by atoms with Gasteiger partial charge in [0.1, 0.15) is 6.61 Å². The van der Waals surface area contributed by atoms with Gasteiger partial charge >= 0.3 is 0 Å². The Morgan fingerprint density at radius 2 is 1.84 bits per heavy atom. The minimum Gasteiger partial charge on any atom is -0.486 e. The van der Waals surface area contributed by atoms with Crippen molar-refractivity contribution in [1.82, 2.24) is 19.3 Å². The highest BCUT2D eigenvalue weighted by atomic mass is 19.2. The predicted octanol–water partition coefficient (Wildman–Crippen LogP) is 6.12. The van der Waals surface area contributed by atoms with E-state index in [1.54, 1.807) is 16.8 Å². The first-order chi connectivity index (χ1) is 20.9. The maximum Gasteiger partial charge on any atom is 0.254 e. The van der Waals surface area contributed by atoms with Crippen molar-refractivity contribution >= 4 is 23.1 Å². The van der Waals surface area contributed by atoms with Crippen LogP contribution >= 0.6 is 0 Å². The molecule has 3 aromatic carbocycles.